The first-order valence-corrected chi connectivity index (χ1v) is 18.7. The lowest BCUT2D eigenvalue weighted by Crippen LogP contribution is -2.19. The molecule has 0 saturated heterocycles. The molecule has 0 bridgehead atoms. The van der Waals surface area contributed by atoms with Gasteiger partial charge in [-0.2, -0.15) is 10.5 Å². The monoisotopic (exact) mass is 725 g/mol. The summed E-state index contributed by atoms with van der Waals surface area (Å²) in [5.74, 6) is 0. The molecule has 1 aromatic heterocycles. The Morgan fingerprint density at radius 1 is 0.786 bits per heavy atom. The molecular weight excluding hydrogens is 683 g/mol. The van der Waals surface area contributed by atoms with Gasteiger partial charge in [-0.25, -0.2) is 0 Å². The number of nitrogens with zero attached hydrogens (tertiary/aromatic N) is 3. The fraction of sp³-hybridized carbons (Fsp3) is 0.0980. The molecule has 56 heavy (non-hydrogen) atoms. The predicted molar refractivity (Wildman–Crippen MR) is 235 cm³/mol. The van der Waals surface area contributed by atoms with Crippen LogP contribution in [0.2, 0.25) is 0 Å². The molecule has 0 fully saturated rings. The minimum atomic E-state index is -0.310. The summed E-state index contributed by atoms with van der Waals surface area (Å²) >= 11 is 0. The van der Waals surface area contributed by atoms with Gasteiger partial charge in [0.1, 0.15) is 0 Å². The number of fused-ring (bicyclic) bond motifs is 3. The number of allylic oxidation sites excluding steroid dienone is 5. The number of rotatable bonds is 12. The Kier molecular flexibility index (Phi) is 10.5. The highest BCUT2D eigenvalue weighted by molar-refractivity contribution is 6.11. The Balaban J connectivity index is 1.46. The van der Waals surface area contributed by atoms with E-state index in [9.17, 15) is 10.5 Å². The molecule has 1 atom stereocenters. The Labute approximate surface area is 329 Å². The highest BCUT2D eigenvalue weighted by Gasteiger charge is 2.26. The van der Waals surface area contributed by atoms with Crippen molar-refractivity contribution in [2.24, 2.45) is 0 Å². The Hall–Kier alpha value is -7.34. The average Bonchev–Trinajstić information content (AvgIpc) is 3.56. The quantitative estimate of drug-likeness (QED) is 0.0969. The summed E-state index contributed by atoms with van der Waals surface area (Å²) in [6, 6.07) is 47.9. The number of nitrogens with two attached hydrogens (primary N) is 1. The fourth-order valence-electron chi connectivity index (χ4n) is 7.59. The number of para-hydroxylation sites is 1. The van der Waals surface area contributed by atoms with Gasteiger partial charge in [-0.1, -0.05) is 135 Å². The van der Waals surface area contributed by atoms with E-state index in [1.54, 1.807) is 12.1 Å². The molecule has 0 aliphatic carbocycles. The van der Waals surface area contributed by atoms with E-state index in [-0.39, 0.29) is 5.41 Å². The first-order chi connectivity index (χ1) is 27.3. The van der Waals surface area contributed by atoms with Gasteiger partial charge in [-0.05, 0) is 84.5 Å². The molecule has 6 aromatic carbocycles. The first-order valence-electron chi connectivity index (χ1n) is 18.7. The highest BCUT2D eigenvalue weighted by atomic mass is 15.0. The SMILES string of the molecule is C=C/C=C\CCC(C)(/C=C\C(=C)Nc1c(-n2c3ccccc3c3cc(-c4ccccc4)ccc32)ccc(C#N)c1-c1c(C#N)ccc(C)c1N)c1ccccc1. The van der Waals surface area contributed by atoms with Crippen LogP contribution in [0.25, 0.3) is 49.7 Å². The molecule has 1 heterocycles. The van der Waals surface area contributed by atoms with E-state index in [1.807, 2.05) is 55.5 Å². The Bertz CT molecular complexity index is 2750. The standard InChI is InChI=1S/C51H43N5/c1-5-6-7-16-30-51(4,41-19-12-9-13-20-41)31-29-36(3)55-50-46(28-26-40(34-53)48(50)47-39(33-52)24-23-35(2)49(47)54)56-44-22-15-14-21-42(44)43-32-38(25-27-45(43)56)37-17-10-8-11-18-37/h5-15,17-29,31-32,55H,1,3,16,30,54H2,2,4H3/b7-6-,31-29-. The van der Waals surface area contributed by atoms with Crippen LogP contribution >= 0.6 is 0 Å². The number of aromatic nitrogens is 1. The number of benzene rings is 6. The van der Waals surface area contributed by atoms with Crippen LogP contribution in [0.15, 0.2) is 177 Å². The zero-order valence-corrected chi connectivity index (χ0v) is 31.8. The van der Waals surface area contributed by atoms with Gasteiger partial charge in [-0.3, -0.25) is 0 Å². The fourth-order valence-corrected chi connectivity index (χ4v) is 7.59. The molecule has 272 valence electrons. The van der Waals surface area contributed by atoms with Crippen LogP contribution in [0.5, 0.6) is 0 Å². The van der Waals surface area contributed by atoms with Gasteiger partial charge in [0, 0.05) is 38.7 Å². The first kappa shape index (κ1) is 37.0. The number of hydrogen-bond donors (Lipinski definition) is 2. The van der Waals surface area contributed by atoms with Crippen LogP contribution in [0.4, 0.5) is 11.4 Å². The van der Waals surface area contributed by atoms with Crippen molar-refractivity contribution in [3.05, 3.63) is 199 Å². The maximum atomic E-state index is 10.7. The summed E-state index contributed by atoms with van der Waals surface area (Å²) in [5.41, 5.74) is 17.1. The summed E-state index contributed by atoms with van der Waals surface area (Å²) in [7, 11) is 0. The summed E-state index contributed by atoms with van der Waals surface area (Å²) in [6.07, 6.45) is 11.8. The van der Waals surface area contributed by atoms with E-state index in [0.29, 0.717) is 39.3 Å². The van der Waals surface area contributed by atoms with Crippen molar-refractivity contribution in [2.75, 3.05) is 11.1 Å². The molecule has 0 aliphatic heterocycles. The largest absolute Gasteiger partial charge is 0.398 e. The van der Waals surface area contributed by atoms with Crippen LogP contribution < -0.4 is 11.1 Å². The molecule has 0 radical (unpaired) electrons. The van der Waals surface area contributed by atoms with Crippen molar-refractivity contribution < 1.29 is 0 Å². The number of aryl methyl sites for hydroxylation is 1. The molecule has 3 N–H and O–H groups in total. The summed E-state index contributed by atoms with van der Waals surface area (Å²) in [5, 5.41) is 26.9. The van der Waals surface area contributed by atoms with E-state index < -0.39 is 0 Å². The molecule has 5 nitrogen and oxygen atoms in total. The molecule has 5 heteroatoms. The maximum absolute atomic E-state index is 10.7. The minimum absolute atomic E-state index is 0.310. The molecular formula is C51H43N5. The van der Waals surface area contributed by atoms with Crippen molar-refractivity contribution >= 4 is 33.2 Å². The predicted octanol–water partition coefficient (Wildman–Crippen LogP) is 12.7. The van der Waals surface area contributed by atoms with Gasteiger partial charge in [0.25, 0.3) is 0 Å². The van der Waals surface area contributed by atoms with Gasteiger partial charge >= 0.3 is 0 Å². The van der Waals surface area contributed by atoms with Crippen molar-refractivity contribution in [1.82, 2.24) is 4.57 Å². The van der Waals surface area contributed by atoms with Crippen molar-refractivity contribution in [1.29, 1.82) is 10.5 Å². The third-order valence-electron chi connectivity index (χ3n) is 10.6. The number of nitriles is 2. The van der Waals surface area contributed by atoms with Crippen LogP contribution in [-0.4, -0.2) is 4.57 Å². The number of nitrogens with one attached hydrogen (secondary N) is 1. The Morgan fingerprint density at radius 3 is 2.18 bits per heavy atom. The van der Waals surface area contributed by atoms with Crippen LogP contribution in [-0.2, 0) is 5.41 Å². The smallest absolute Gasteiger partial charge is 0.0999 e. The lowest BCUT2D eigenvalue weighted by atomic mass is 9.78. The lowest BCUT2D eigenvalue weighted by Gasteiger charge is -2.27. The molecule has 1 unspecified atom stereocenters. The van der Waals surface area contributed by atoms with Crippen molar-refractivity contribution in [3.63, 3.8) is 0 Å². The number of nitrogen functional groups attached to an aromatic ring is 1. The zero-order valence-electron chi connectivity index (χ0n) is 31.8. The summed E-state index contributed by atoms with van der Waals surface area (Å²) < 4.78 is 2.22. The third-order valence-corrected chi connectivity index (χ3v) is 10.6. The van der Waals surface area contributed by atoms with E-state index in [4.69, 9.17) is 5.73 Å². The maximum Gasteiger partial charge on any atom is 0.0999 e. The molecule has 0 amide bonds. The summed E-state index contributed by atoms with van der Waals surface area (Å²) in [4.78, 5) is 0. The second kappa shape index (κ2) is 15.9. The molecule has 7 rings (SSSR count). The van der Waals surface area contributed by atoms with Crippen LogP contribution in [0.1, 0.15) is 42.0 Å². The van der Waals surface area contributed by atoms with Gasteiger partial charge < -0.3 is 15.6 Å². The van der Waals surface area contributed by atoms with Gasteiger partial charge in [0.2, 0.25) is 0 Å². The molecule has 0 saturated carbocycles. The molecule has 0 aliphatic rings. The van der Waals surface area contributed by atoms with Crippen LogP contribution in [0.3, 0.4) is 0 Å². The average molecular weight is 726 g/mol. The van der Waals surface area contributed by atoms with Crippen LogP contribution in [0, 0.1) is 29.6 Å². The third kappa shape index (κ3) is 7.03. The zero-order chi connectivity index (χ0) is 39.2. The normalized spacial score (nSPS) is 12.4. The van der Waals surface area contributed by atoms with Crippen molar-refractivity contribution in [2.45, 2.75) is 32.1 Å². The van der Waals surface area contributed by atoms with E-state index in [2.05, 4.69) is 139 Å². The molecule has 7 aromatic rings. The van der Waals surface area contributed by atoms with Gasteiger partial charge in [0.15, 0.2) is 0 Å². The van der Waals surface area contributed by atoms with E-state index >= 15 is 0 Å². The number of hydrogen-bond acceptors (Lipinski definition) is 4. The lowest BCUT2D eigenvalue weighted by molar-refractivity contribution is 0.545. The van der Waals surface area contributed by atoms with Gasteiger partial charge in [0.05, 0.1) is 45.7 Å². The van der Waals surface area contributed by atoms with E-state index in [1.165, 1.54) is 5.56 Å². The highest BCUT2D eigenvalue weighted by Crippen LogP contribution is 2.45. The minimum Gasteiger partial charge on any atom is -0.398 e. The number of anilines is 2. The van der Waals surface area contributed by atoms with Gasteiger partial charge in [-0.15, -0.1) is 0 Å². The second-order valence-electron chi connectivity index (χ2n) is 14.2. The Morgan fingerprint density at radius 2 is 1.45 bits per heavy atom. The van der Waals surface area contributed by atoms with E-state index in [0.717, 1.165) is 57.0 Å². The second-order valence-corrected chi connectivity index (χ2v) is 14.2. The van der Waals surface area contributed by atoms with Crippen molar-refractivity contribution in [3.8, 4) is 40.1 Å². The molecule has 0 spiro atoms. The summed E-state index contributed by atoms with van der Waals surface area (Å²) in [6.45, 7) is 12.5. The topological polar surface area (TPSA) is 90.6 Å².